The van der Waals surface area contributed by atoms with E-state index in [4.69, 9.17) is 5.73 Å². The van der Waals surface area contributed by atoms with Crippen LogP contribution in [0, 0.1) is 12.7 Å². The molecule has 0 radical (unpaired) electrons. The third kappa shape index (κ3) is 4.63. The van der Waals surface area contributed by atoms with E-state index in [-0.39, 0.29) is 22.6 Å². The van der Waals surface area contributed by atoms with Crippen LogP contribution in [0.2, 0.25) is 0 Å². The summed E-state index contributed by atoms with van der Waals surface area (Å²) in [6.07, 6.45) is 0. The van der Waals surface area contributed by atoms with Crippen molar-refractivity contribution in [2.45, 2.75) is 20.4 Å². The van der Waals surface area contributed by atoms with Crippen molar-refractivity contribution in [3.63, 3.8) is 0 Å². The van der Waals surface area contributed by atoms with Crippen LogP contribution < -0.4 is 16.7 Å². The fourth-order valence-corrected chi connectivity index (χ4v) is 5.17. The summed E-state index contributed by atoms with van der Waals surface area (Å²) >= 11 is 3.32. The number of benzene rings is 2. The third-order valence-corrected chi connectivity index (χ3v) is 6.84. The van der Waals surface area contributed by atoms with Gasteiger partial charge in [0.05, 0.1) is 16.8 Å². The summed E-state index contributed by atoms with van der Waals surface area (Å²) in [6, 6.07) is 14.9. The number of carbonyl (C=O) groups is 2. The normalized spacial score (nSPS) is 11.2. The Morgan fingerprint density at radius 1 is 1.10 bits per heavy atom. The van der Waals surface area contributed by atoms with Crippen LogP contribution in [0.5, 0.6) is 0 Å². The lowest BCUT2D eigenvalue weighted by Gasteiger charge is -2.13. The number of rotatable bonds is 6. The molecular formula is C27H23BrFN7O3. The number of nitrogens with zero attached hydrogens (tertiary/aromatic N) is 5. The van der Waals surface area contributed by atoms with Gasteiger partial charge in [0.15, 0.2) is 5.69 Å². The molecule has 0 aliphatic carbocycles. The molecule has 12 heteroatoms. The number of amides is 2. The maximum Gasteiger partial charge on any atom is 0.350 e. The number of aromatic nitrogens is 5. The summed E-state index contributed by atoms with van der Waals surface area (Å²) in [5.41, 5.74) is 8.69. The van der Waals surface area contributed by atoms with Crippen molar-refractivity contribution in [3.8, 4) is 16.9 Å². The molecule has 0 bridgehead atoms. The van der Waals surface area contributed by atoms with Gasteiger partial charge in [-0.25, -0.2) is 23.4 Å². The Labute approximate surface area is 230 Å². The van der Waals surface area contributed by atoms with E-state index in [0.717, 1.165) is 22.7 Å². The number of pyridine rings is 1. The van der Waals surface area contributed by atoms with Gasteiger partial charge in [-0.2, -0.15) is 0 Å². The fourth-order valence-electron chi connectivity index (χ4n) is 4.57. The SMILES string of the molecule is CCn1c(-c2ccc(-n3c(Br)nn(C)c3=O)cc2)cc2cc(C)nc(C(=O)Nc3ccc(F)c(C(N)=O)c3)c21. The molecule has 0 aliphatic heterocycles. The van der Waals surface area contributed by atoms with E-state index >= 15 is 0 Å². The Morgan fingerprint density at radius 3 is 2.44 bits per heavy atom. The Morgan fingerprint density at radius 2 is 1.82 bits per heavy atom. The highest BCUT2D eigenvalue weighted by atomic mass is 79.9. The van der Waals surface area contributed by atoms with Gasteiger partial charge >= 0.3 is 5.69 Å². The molecule has 10 nitrogen and oxygen atoms in total. The summed E-state index contributed by atoms with van der Waals surface area (Å²) in [6.45, 7) is 4.30. The molecule has 3 N–H and O–H groups in total. The van der Waals surface area contributed by atoms with Crippen LogP contribution in [0.1, 0.15) is 33.5 Å². The first-order chi connectivity index (χ1) is 18.6. The zero-order valence-corrected chi connectivity index (χ0v) is 22.8. The van der Waals surface area contributed by atoms with Crippen LogP contribution in [0.3, 0.4) is 0 Å². The van der Waals surface area contributed by atoms with Crippen molar-refractivity contribution >= 4 is 44.3 Å². The monoisotopic (exact) mass is 591 g/mol. The van der Waals surface area contributed by atoms with Gasteiger partial charge in [-0.15, -0.1) is 5.10 Å². The molecule has 0 saturated heterocycles. The summed E-state index contributed by atoms with van der Waals surface area (Å²) in [4.78, 5) is 41.9. The van der Waals surface area contributed by atoms with Gasteiger partial charge < -0.3 is 15.6 Å². The average Bonchev–Trinajstić information content (AvgIpc) is 3.39. The van der Waals surface area contributed by atoms with Crippen LogP contribution in [0.25, 0.3) is 27.8 Å². The molecule has 0 spiro atoms. The van der Waals surface area contributed by atoms with Crippen LogP contribution in [-0.4, -0.2) is 35.7 Å². The van der Waals surface area contributed by atoms with Crippen molar-refractivity contribution in [2.24, 2.45) is 12.8 Å². The molecule has 0 aliphatic rings. The quantitative estimate of drug-likeness (QED) is 0.306. The zero-order valence-electron chi connectivity index (χ0n) is 21.2. The van der Waals surface area contributed by atoms with Crippen molar-refractivity contribution in [3.05, 3.63) is 92.6 Å². The minimum atomic E-state index is -0.934. The molecule has 0 fully saturated rings. The Balaban J connectivity index is 1.57. The standard InChI is InChI=1S/C27H23BrFN7O3/c1-4-35-21(15-5-8-18(9-6-15)36-26(28)33-34(3)27(36)39)12-16-11-14(2)31-22(23(16)35)25(38)32-17-7-10-20(29)19(13-17)24(30)37/h5-13H,4H2,1-3H3,(H2,30,37)(H,32,38). The molecule has 0 saturated carbocycles. The van der Waals surface area contributed by atoms with Gasteiger partial charge in [-0.05, 0) is 77.8 Å². The van der Waals surface area contributed by atoms with Crippen molar-refractivity contribution in [1.29, 1.82) is 0 Å². The molecule has 3 heterocycles. The first kappa shape index (κ1) is 26.0. The van der Waals surface area contributed by atoms with Crippen LogP contribution in [0.15, 0.2) is 64.1 Å². The van der Waals surface area contributed by atoms with E-state index in [9.17, 15) is 18.8 Å². The highest BCUT2D eigenvalue weighted by molar-refractivity contribution is 9.10. The number of nitrogens with two attached hydrogens (primary N) is 1. The number of aryl methyl sites for hydroxylation is 3. The molecule has 2 aromatic carbocycles. The minimum Gasteiger partial charge on any atom is -0.366 e. The number of halogens is 2. The molecule has 0 atom stereocenters. The largest absolute Gasteiger partial charge is 0.366 e. The van der Waals surface area contributed by atoms with Gasteiger partial charge in [0.25, 0.3) is 11.8 Å². The lowest BCUT2D eigenvalue weighted by molar-refractivity contribution is 0.0992. The predicted molar refractivity (Wildman–Crippen MR) is 149 cm³/mol. The van der Waals surface area contributed by atoms with E-state index in [2.05, 4.69) is 31.3 Å². The van der Waals surface area contributed by atoms with Gasteiger partial charge in [0, 0.05) is 36.1 Å². The third-order valence-electron chi connectivity index (χ3n) is 6.33. The maximum absolute atomic E-state index is 13.9. The van der Waals surface area contributed by atoms with Gasteiger partial charge in [0.1, 0.15) is 5.82 Å². The average molecular weight is 592 g/mol. The first-order valence-corrected chi connectivity index (χ1v) is 12.7. The zero-order chi connectivity index (χ0) is 28.0. The van der Waals surface area contributed by atoms with E-state index < -0.39 is 17.6 Å². The van der Waals surface area contributed by atoms with E-state index in [0.29, 0.717) is 28.2 Å². The Kier molecular flexibility index (Phi) is 6.64. The topological polar surface area (TPSA) is 130 Å². The maximum atomic E-state index is 13.9. The molecule has 2 amide bonds. The van der Waals surface area contributed by atoms with Gasteiger partial charge in [0.2, 0.25) is 4.73 Å². The summed E-state index contributed by atoms with van der Waals surface area (Å²) in [5, 5.41) is 7.62. The molecule has 3 aromatic heterocycles. The number of fused-ring (bicyclic) bond motifs is 1. The fraction of sp³-hybridized carbons (Fsp3) is 0.148. The van der Waals surface area contributed by atoms with Gasteiger partial charge in [-0.3, -0.25) is 9.59 Å². The highest BCUT2D eigenvalue weighted by Crippen LogP contribution is 2.31. The lowest BCUT2D eigenvalue weighted by atomic mass is 10.1. The van der Waals surface area contributed by atoms with Gasteiger partial charge in [-0.1, -0.05) is 12.1 Å². The van der Waals surface area contributed by atoms with Crippen molar-refractivity contribution in [2.75, 3.05) is 5.32 Å². The highest BCUT2D eigenvalue weighted by Gasteiger charge is 2.21. The number of carbonyl (C=O) groups excluding carboxylic acids is 2. The summed E-state index contributed by atoms with van der Waals surface area (Å²) < 4.78 is 19.0. The second kappa shape index (κ2) is 9.95. The van der Waals surface area contributed by atoms with Crippen molar-refractivity contribution < 1.29 is 14.0 Å². The Hall–Kier alpha value is -4.58. The smallest absolute Gasteiger partial charge is 0.350 e. The molecule has 39 heavy (non-hydrogen) atoms. The second-order valence-electron chi connectivity index (χ2n) is 8.89. The van der Waals surface area contributed by atoms with Crippen LogP contribution in [-0.2, 0) is 13.6 Å². The number of hydrogen-bond acceptors (Lipinski definition) is 5. The number of hydrogen-bond donors (Lipinski definition) is 2. The lowest BCUT2D eigenvalue weighted by Crippen LogP contribution is -2.21. The van der Waals surface area contributed by atoms with E-state index in [1.165, 1.54) is 21.4 Å². The molecule has 0 unspecified atom stereocenters. The minimum absolute atomic E-state index is 0.186. The predicted octanol–water partition coefficient (Wildman–Crippen LogP) is 4.17. The number of primary amides is 1. The molecular weight excluding hydrogens is 569 g/mol. The van der Waals surface area contributed by atoms with Crippen molar-refractivity contribution in [1.82, 2.24) is 23.9 Å². The molecule has 5 aromatic rings. The van der Waals surface area contributed by atoms with E-state index in [1.54, 1.807) is 14.0 Å². The van der Waals surface area contributed by atoms with Crippen LogP contribution >= 0.6 is 15.9 Å². The number of nitrogens with one attached hydrogen (secondary N) is 1. The number of anilines is 1. The Bertz CT molecular complexity index is 1840. The summed E-state index contributed by atoms with van der Waals surface area (Å²) in [5.74, 6) is -2.22. The summed E-state index contributed by atoms with van der Waals surface area (Å²) in [7, 11) is 1.58. The van der Waals surface area contributed by atoms with E-state index in [1.807, 2.05) is 47.9 Å². The molecule has 198 valence electrons. The molecule has 5 rings (SSSR count). The van der Waals surface area contributed by atoms with Crippen LogP contribution in [0.4, 0.5) is 10.1 Å². The first-order valence-electron chi connectivity index (χ1n) is 11.9. The second-order valence-corrected chi connectivity index (χ2v) is 9.60.